The van der Waals surface area contributed by atoms with Crippen molar-refractivity contribution in [2.75, 3.05) is 0 Å². The predicted octanol–water partition coefficient (Wildman–Crippen LogP) is 3.71. The molecule has 0 spiro atoms. The average molecular weight is 279 g/mol. The van der Waals surface area contributed by atoms with Crippen LogP contribution in [0.5, 0.6) is 0 Å². The van der Waals surface area contributed by atoms with Gasteiger partial charge in [-0.1, -0.05) is 30.3 Å². The number of hydrogen-bond donors (Lipinski definition) is 0. The fourth-order valence-corrected chi connectivity index (χ4v) is 2.71. The van der Waals surface area contributed by atoms with Crippen LogP contribution in [0, 0.1) is 5.82 Å². The first-order chi connectivity index (χ1) is 10.2. The Kier molecular flexibility index (Phi) is 2.51. The molecule has 0 fully saturated rings. The van der Waals surface area contributed by atoms with Crippen LogP contribution in [0.25, 0.3) is 22.0 Å². The first-order valence-corrected chi connectivity index (χ1v) is 6.59. The standard InChI is InChI=1S/C17H10FNO2/c18-11-7-5-10(6-8-11)15-12-3-1-2-4-13(12)19-14-9-21-17(20)16(14)15/h1-8H,9H2. The molecule has 0 radical (unpaired) electrons. The van der Waals surface area contributed by atoms with Gasteiger partial charge in [0.2, 0.25) is 0 Å². The van der Waals surface area contributed by atoms with Gasteiger partial charge in [0.15, 0.2) is 0 Å². The summed E-state index contributed by atoms with van der Waals surface area (Å²) in [7, 11) is 0. The maximum atomic E-state index is 13.2. The third kappa shape index (κ3) is 1.80. The molecule has 1 aliphatic heterocycles. The number of pyridine rings is 1. The van der Waals surface area contributed by atoms with Crippen LogP contribution in [0.2, 0.25) is 0 Å². The number of carbonyl (C=O) groups is 1. The summed E-state index contributed by atoms with van der Waals surface area (Å²) in [6, 6.07) is 13.7. The van der Waals surface area contributed by atoms with Gasteiger partial charge in [-0.3, -0.25) is 0 Å². The fraction of sp³-hybridized carbons (Fsp3) is 0.0588. The van der Waals surface area contributed by atoms with Crippen LogP contribution in [-0.4, -0.2) is 11.0 Å². The molecule has 2 aromatic carbocycles. The third-order valence-corrected chi connectivity index (χ3v) is 3.64. The molecule has 3 aromatic rings. The van der Waals surface area contributed by atoms with Crippen molar-refractivity contribution in [1.29, 1.82) is 0 Å². The summed E-state index contributed by atoms with van der Waals surface area (Å²) in [5, 5.41) is 0.863. The van der Waals surface area contributed by atoms with Crippen molar-refractivity contribution in [3.8, 4) is 11.1 Å². The minimum Gasteiger partial charge on any atom is -0.455 e. The molecule has 4 heteroatoms. The van der Waals surface area contributed by atoms with Crippen LogP contribution in [0.4, 0.5) is 4.39 Å². The van der Waals surface area contributed by atoms with Crippen LogP contribution < -0.4 is 0 Å². The van der Waals surface area contributed by atoms with Crippen molar-refractivity contribution in [2.24, 2.45) is 0 Å². The Balaban J connectivity index is 2.12. The smallest absolute Gasteiger partial charge is 0.341 e. The molecule has 3 nitrogen and oxygen atoms in total. The normalized spacial score (nSPS) is 13.3. The molecule has 0 aliphatic carbocycles. The van der Waals surface area contributed by atoms with E-state index < -0.39 is 0 Å². The van der Waals surface area contributed by atoms with E-state index in [1.165, 1.54) is 12.1 Å². The van der Waals surface area contributed by atoms with E-state index in [1.807, 2.05) is 24.3 Å². The Morgan fingerprint density at radius 2 is 1.76 bits per heavy atom. The monoisotopic (exact) mass is 279 g/mol. The van der Waals surface area contributed by atoms with E-state index in [0.717, 1.165) is 22.0 Å². The first kappa shape index (κ1) is 12.0. The van der Waals surface area contributed by atoms with Crippen molar-refractivity contribution in [2.45, 2.75) is 6.61 Å². The number of aromatic nitrogens is 1. The summed E-state index contributed by atoms with van der Waals surface area (Å²) in [6.45, 7) is 0.188. The van der Waals surface area contributed by atoms with E-state index in [1.54, 1.807) is 12.1 Å². The Morgan fingerprint density at radius 1 is 1.00 bits per heavy atom. The summed E-state index contributed by atoms with van der Waals surface area (Å²) in [5.41, 5.74) is 3.47. The maximum absolute atomic E-state index is 13.2. The number of cyclic esters (lactones) is 1. The predicted molar refractivity (Wildman–Crippen MR) is 76.3 cm³/mol. The van der Waals surface area contributed by atoms with Crippen molar-refractivity contribution >= 4 is 16.9 Å². The molecule has 0 bridgehead atoms. The van der Waals surface area contributed by atoms with Crippen molar-refractivity contribution < 1.29 is 13.9 Å². The number of fused-ring (bicyclic) bond motifs is 2. The Bertz CT molecular complexity index is 872. The highest BCUT2D eigenvalue weighted by Crippen LogP contribution is 2.36. The summed E-state index contributed by atoms with van der Waals surface area (Å²) >= 11 is 0. The van der Waals surface area contributed by atoms with E-state index in [2.05, 4.69) is 4.98 Å². The summed E-state index contributed by atoms with van der Waals surface area (Å²) in [6.07, 6.45) is 0. The van der Waals surface area contributed by atoms with Gasteiger partial charge in [-0.15, -0.1) is 0 Å². The van der Waals surface area contributed by atoms with Gasteiger partial charge in [0, 0.05) is 10.9 Å². The zero-order valence-electron chi connectivity index (χ0n) is 11.0. The quantitative estimate of drug-likeness (QED) is 0.637. The summed E-state index contributed by atoms with van der Waals surface area (Å²) in [5.74, 6) is -0.682. The van der Waals surface area contributed by atoms with Gasteiger partial charge in [0.1, 0.15) is 12.4 Å². The highest BCUT2D eigenvalue weighted by molar-refractivity contribution is 6.08. The lowest BCUT2D eigenvalue weighted by Gasteiger charge is -2.10. The van der Waals surface area contributed by atoms with E-state index >= 15 is 0 Å². The van der Waals surface area contributed by atoms with Crippen LogP contribution in [0.1, 0.15) is 16.1 Å². The molecule has 1 aliphatic rings. The van der Waals surface area contributed by atoms with Gasteiger partial charge in [0.25, 0.3) is 0 Å². The topological polar surface area (TPSA) is 39.2 Å². The molecule has 21 heavy (non-hydrogen) atoms. The zero-order chi connectivity index (χ0) is 14.4. The minimum atomic E-state index is -0.373. The molecule has 4 rings (SSSR count). The molecular weight excluding hydrogens is 269 g/mol. The molecule has 1 aromatic heterocycles. The number of para-hydroxylation sites is 1. The van der Waals surface area contributed by atoms with Gasteiger partial charge in [-0.2, -0.15) is 0 Å². The van der Waals surface area contributed by atoms with Crippen LogP contribution in [0.15, 0.2) is 48.5 Å². The van der Waals surface area contributed by atoms with Gasteiger partial charge in [0.05, 0.1) is 16.8 Å². The first-order valence-electron chi connectivity index (χ1n) is 6.59. The molecule has 0 amide bonds. The van der Waals surface area contributed by atoms with Crippen LogP contribution >= 0.6 is 0 Å². The fourth-order valence-electron chi connectivity index (χ4n) is 2.71. The molecule has 0 saturated carbocycles. The third-order valence-electron chi connectivity index (χ3n) is 3.64. The molecule has 0 N–H and O–H groups in total. The number of rotatable bonds is 1. The SMILES string of the molecule is O=C1OCc2nc3ccccc3c(-c3ccc(F)cc3)c21. The molecular formula is C17H10FNO2. The number of nitrogens with zero attached hydrogens (tertiary/aromatic N) is 1. The molecule has 2 heterocycles. The van der Waals surface area contributed by atoms with Gasteiger partial charge in [-0.05, 0) is 23.8 Å². The molecule has 0 atom stereocenters. The highest BCUT2D eigenvalue weighted by atomic mass is 19.1. The van der Waals surface area contributed by atoms with E-state index in [-0.39, 0.29) is 18.4 Å². The lowest BCUT2D eigenvalue weighted by molar-refractivity contribution is 0.0534. The largest absolute Gasteiger partial charge is 0.455 e. The van der Waals surface area contributed by atoms with E-state index in [4.69, 9.17) is 4.74 Å². The Morgan fingerprint density at radius 3 is 2.57 bits per heavy atom. The number of ether oxygens (including phenoxy) is 1. The van der Waals surface area contributed by atoms with Crippen molar-refractivity contribution in [3.63, 3.8) is 0 Å². The van der Waals surface area contributed by atoms with Gasteiger partial charge < -0.3 is 4.74 Å². The number of hydrogen-bond acceptors (Lipinski definition) is 3. The van der Waals surface area contributed by atoms with Crippen molar-refractivity contribution in [3.05, 3.63) is 65.6 Å². The number of benzene rings is 2. The Hall–Kier alpha value is -2.75. The molecule has 0 unspecified atom stereocenters. The Labute approximate surface area is 120 Å². The number of halogens is 1. The van der Waals surface area contributed by atoms with E-state index in [0.29, 0.717) is 11.3 Å². The van der Waals surface area contributed by atoms with Gasteiger partial charge in [-0.25, -0.2) is 14.2 Å². The second-order valence-electron chi connectivity index (χ2n) is 4.91. The van der Waals surface area contributed by atoms with Gasteiger partial charge >= 0.3 is 5.97 Å². The zero-order valence-corrected chi connectivity index (χ0v) is 11.0. The highest BCUT2D eigenvalue weighted by Gasteiger charge is 2.28. The number of carbonyl (C=O) groups excluding carboxylic acids is 1. The lowest BCUT2D eigenvalue weighted by Crippen LogP contribution is -2.00. The summed E-state index contributed by atoms with van der Waals surface area (Å²) < 4.78 is 18.3. The number of esters is 1. The second-order valence-corrected chi connectivity index (χ2v) is 4.91. The lowest BCUT2D eigenvalue weighted by atomic mass is 9.95. The van der Waals surface area contributed by atoms with Crippen molar-refractivity contribution in [1.82, 2.24) is 4.98 Å². The molecule has 102 valence electrons. The second kappa shape index (κ2) is 4.38. The van der Waals surface area contributed by atoms with Crippen LogP contribution in [0.3, 0.4) is 0 Å². The van der Waals surface area contributed by atoms with E-state index in [9.17, 15) is 9.18 Å². The summed E-state index contributed by atoms with van der Waals surface area (Å²) in [4.78, 5) is 16.5. The maximum Gasteiger partial charge on any atom is 0.341 e. The minimum absolute atomic E-state index is 0.188. The molecule has 0 saturated heterocycles. The average Bonchev–Trinajstić information content (AvgIpc) is 2.87. The van der Waals surface area contributed by atoms with Crippen LogP contribution in [-0.2, 0) is 11.3 Å².